The van der Waals surface area contributed by atoms with Crippen molar-refractivity contribution in [3.05, 3.63) is 66.4 Å². The maximum Gasteiger partial charge on any atom is 0.109 e. The van der Waals surface area contributed by atoms with E-state index in [4.69, 9.17) is 4.42 Å². The summed E-state index contributed by atoms with van der Waals surface area (Å²) in [6.45, 7) is 0. The number of hydrogen-bond acceptors (Lipinski definition) is 3. The number of benzene rings is 1. The summed E-state index contributed by atoms with van der Waals surface area (Å²) in [6.07, 6.45) is 8.89. The van der Waals surface area contributed by atoms with Gasteiger partial charge in [-0.25, -0.2) is 4.68 Å². The average molecular weight is 279 g/mol. The van der Waals surface area contributed by atoms with Gasteiger partial charge in [0.25, 0.3) is 0 Å². The summed E-state index contributed by atoms with van der Waals surface area (Å²) < 4.78 is 7.42. The lowest BCUT2D eigenvalue weighted by atomic mass is 9.93. The fourth-order valence-corrected chi connectivity index (χ4v) is 3.00. The molecule has 4 nitrogen and oxygen atoms in total. The van der Waals surface area contributed by atoms with Crippen molar-refractivity contribution < 1.29 is 4.42 Å². The van der Waals surface area contributed by atoms with E-state index in [1.165, 1.54) is 5.56 Å². The molecule has 1 atom stereocenters. The molecule has 2 aromatic heterocycles. The highest BCUT2D eigenvalue weighted by Crippen LogP contribution is 2.33. The number of hydrogen-bond donors (Lipinski definition) is 1. The van der Waals surface area contributed by atoms with Gasteiger partial charge in [-0.3, -0.25) is 0 Å². The second kappa shape index (κ2) is 5.13. The molecule has 0 radical (unpaired) electrons. The van der Waals surface area contributed by atoms with Crippen LogP contribution in [0.5, 0.6) is 0 Å². The third-order valence-corrected chi connectivity index (χ3v) is 4.01. The molecule has 1 N–H and O–H groups in total. The number of nitrogens with zero attached hydrogens (tertiary/aromatic N) is 2. The monoisotopic (exact) mass is 279 g/mol. The number of aryl methyl sites for hydroxylation is 1. The SMILES string of the molecule is c1cc(NC2CCCc3occc32)cc(-n2cccn2)c1. The second-order valence-electron chi connectivity index (χ2n) is 5.39. The van der Waals surface area contributed by atoms with Crippen LogP contribution < -0.4 is 5.32 Å². The minimum absolute atomic E-state index is 0.334. The van der Waals surface area contributed by atoms with Gasteiger partial charge < -0.3 is 9.73 Å². The molecule has 0 bridgehead atoms. The predicted molar refractivity (Wildman–Crippen MR) is 81.6 cm³/mol. The summed E-state index contributed by atoms with van der Waals surface area (Å²) in [5.74, 6) is 1.13. The molecular weight excluding hydrogens is 262 g/mol. The topological polar surface area (TPSA) is 43.0 Å². The van der Waals surface area contributed by atoms with Crippen molar-refractivity contribution in [2.45, 2.75) is 25.3 Å². The summed E-state index contributed by atoms with van der Waals surface area (Å²) in [6, 6.07) is 12.7. The second-order valence-corrected chi connectivity index (χ2v) is 5.39. The van der Waals surface area contributed by atoms with Crippen LogP contribution in [0.15, 0.2) is 59.5 Å². The zero-order chi connectivity index (χ0) is 14.1. The van der Waals surface area contributed by atoms with Gasteiger partial charge >= 0.3 is 0 Å². The Morgan fingerprint density at radius 3 is 3.14 bits per heavy atom. The van der Waals surface area contributed by atoms with E-state index in [0.717, 1.165) is 36.4 Å². The fourth-order valence-electron chi connectivity index (χ4n) is 3.00. The van der Waals surface area contributed by atoms with Gasteiger partial charge in [0.2, 0.25) is 0 Å². The number of furan rings is 1. The number of aromatic nitrogens is 2. The minimum Gasteiger partial charge on any atom is -0.469 e. The molecule has 2 heterocycles. The van der Waals surface area contributed by atoms with E-state index in [2.05, 4.69) is 40.7 Å². The number of rotatable bonds is 3. The molecule has 21 heavy (non-hydrogen) atoms. The Morgan fingerprint density at radius 2 is 2.24 bits per heavy atom. The molecule has 1 unspecified atom stereocenters. The van der Waals surface area contributed by atoms with Crippen LogP contribution in [0.3, 0.4) is 0 Å². The third kappa shape index (κ3) is 2.33. The van der Waals surface area contributed by atoms with Gasteiger partial charge in [0.15, 0.2) is 0 Å². The molecule has 0 fully saturated rings. The summed E-state index contributed by atoms with van der Waals surface area (Å²) >= 11 is 0. The lowest BCUT2D eigenvalue weighted by Gasteiger charge is -2.24. The van der Waals surface area contributed by atoms with Crippen LogP contribution in [-0.2, 0) is 6.42 Å². The fraction of sp³-hybridized carbons (Fsp3) is 0.235. The first-order chi connectivity index (χ1) is 10.4. The largest absolute Gasteiger partial charge is 0.469 e. The van der Waals surface area contributed by atoms with E-state index < -0.39 is 0 Å². The Balaban J connectivity index is 1.60. The Hall–Kier alpha value is -2.49. The maximum atomic E-state index is 5.55. The normalized spacial score (nSPS) is 17.4. The van der Waals surface area contributed by atoms with E-state index in [9.17, 15) is 0 Å². The average Bonchev–Trinajstić information content (AvgIpc) is 3.20. The van der Waals surface area contributed by atoms with Crippen molar-refractivity contribution in [3.63, 3.8) is 0 Å². The molecular formula is C17H17N3O. The van der Waals surface area contributed by atoms with Gasteiger partial charge in [-0.15, -0.1) is 0 Å². The number of fused-ring (bicyclic) bond motifs is 1. The van der Waals surface area contributed by atoms with Crippen LogP contribution >= 0.6 is 0 Å². The molecule has 106 valence electrons. The van der Waals surface area contributed by atoms with Gasteiger partial charge in [0.05, 0.1) is 18.0 Å². The van der Waals surface area contributed by atoms with Gasteiger partial charge in [0.1, 0.15) is 5.76 Å². The minimum atomic E-state index is 0.334. The number of nitrogens with one attached hydrogen (secondary N) is 1. The lowest BCUT2D eigenvalue weighted by Crippen LogP contribution is -2.16. The standard InChI is InChI=1S/C17H17N3O/c1-4-13(12-14(5-1)20-10-3-9-18-20)19-16-6-2-7-17-15(16)8-11-21-17/h1,3-5,8-12,16,19H,2,6-7H2. The summed E-state index contributed by atoms with van der Waals surface area (Å²) in [5, 5.41) is 7.90. The third-order valence-electron chi connectivity index (χ3n) is 4.01. The van der Waals surface area contributed by atoms with Crippen molar-refractivity contribution >= 4 is 5.69 Å². The van der Waals surface area contributed by atoms with Crippen LogP contribution in [-0.4, -0.2) is 9.78 Å². The Kier molecular flexibility index (Phi) is 2.99. The van der Waals surface area contributed by atoms with Crippen LogP contribution in [0, 0.1) is 0 Å². The molecule has 0 saturated heterocycles. The predicted octanol–water partition coefficient (Wildman–Crippen LogP) is 3.95. The van der Waals surface area contributed by atoms with Crippen molar-refractivity contribution in [1.29, 1.82) is 0 Å². The van der Waals surface area contributed by atoms with Crippen molar-refractivity contribution in [1.82, 2.24) is 9.78 Å². The van der Waals surface area contributed by atoms with Gasteiger partial charge in [-0.2, -0.15) is 5.10 Å². The van der Waals surface area contributed by atoms with Crippen LogP contribution in [0.1, 0.15) is 30.2 Å². The molecule has 4 heteroatoms. The Labute approximate surface area is 123 Å². The van der Waals surface area contributed by atoms with E-state index in [-0.39, 0.29) is 0 Å². The molecule has 4 rings (SSSR count). The highest BCUT2D eigenvalue weighted by Gasteiger charge is 2.22. The first-order valence-corrected chi connectivity index (χ1v) is 7.33. The molecule has 1 aromatic carbocycles. The van der Waals surface area contributed by atoms with Crippen molar-refractivity contribution in [2.75, 3.05) is 5.32 Å². The Morgan fingerprint density at radius 1 is 1.24 bits per heavy atom. The zero-order valence-electron chi connectivity index (χ0n) is 11.7. The first kappa shape index (κ1) is 12.3. The van der Waals surface area contributed by atoms with E-state index in [1.54, 1.807) is 12.5 Å². The Bertz CT molecular complexity index is 730. The van der Waals surface area contributed by atoms with Crippen LogP contribution in [0.2, 0.25) is 0 Å². The zero-order valence-corrected chi connectivity index (χ0v) is 11.7. The molecule has 1 aliphatic carbocycles. The van der Waals surface area contributed by atoms with Crippen molar-refractivity contribution in [3.8, 4) is 5.69 Å². The molecule has 1 aliphatic rings. The summed E-state index contributed by atoms with van der Waals surface area (Å²) in [5.41, 5.74) is 3.47. The smallest absolute Gasteiger partial charge is 0.109 e. The van der Waals surface area contributed by atoms with E-state index in [1.807, 2.05) is 16.9 Å². The summed E-state index contributed by atoms with van der Waals surface area (Å²) in [4.78, 5) is 0. The van der Waals surface area contributed by atoms with Gasteiger partial charge in [-0.1, -0.05) is 6.07 Å². The molecule has 0 amide bonds. The van der Waals surface area contributed by atoms with Crippen LogP contribution in [0.25, 0.3) is 5.69 Å². The van der Waals surface area contributed by atoms with Gasteiger partial charge in [0, 0.05) is 30.1 Å². The summed E-state index contributed by atoms with van der Waals surface area (Å²) in [7, 11) is 0. The first-order valence-electron chi connectivity index (χ1n) is 7.33. The molecule has 0 spiro atoms. The molecule has 0 aliphatic heterocycles. The lowest BCUT2D eigenvalue weighted by molar-refractivity contribution is 0.461. The number of anilines is 1. The quantitative estimate of drug-likeness (QED) is 0.789. The van der Waals surface area contributed by atoms with Crippen LogP contribution in [0.4, 0.5) is 5.69 Å². The highest BCUT2D eigenvalue weighted by atomic mass is 16.3. The van der Waals surface area contributed by atoms with Gasteiger partial charge in [-0.05, 0) is 43.2 Å². The molecule has 0 saturated carbocycles. The van der Waals surface area contributed by atoms with E-state index >= 15 is 0 Å². The maximum absolute atomic E-state index is 5.55. The van der Waals surface area contributed by atoms with E-state index in [0.29, 0.717) is 6.04 Å². The van der Waals surface area contributed by atoms with Crippen molar-refractivity contribution in [2.24, 2.45) is 0 Å². The molecule has 3 aromatic rings. The highest BCUT2D eigenvalue weighted by molar-refractivity contribution is 5.52.